The Kier molecular flexibility index (Phi) is 4.14. The van der Waals surface area contributed by atoms with Gasteiger partial charge in [0, 0.05) is 26.0 Å². The molecule has 5 nitrogen and oxygen atoms in total. The maximum atomic E-state index is 11.7. The van der Waals surface area contributed by atoms with E-state index in [-0.39, 0.29) is 12.0 Å². The van der Waals surface area contributed by atoms with Crippen LogP contribution in [0.25, 0.3) is 0 Å². The van der Waals surface area contributed by atoms with E-state index in [1.165, 1.54) is 0 Å². The highest BCUT2D eigenvalue weighted by Gasteiger charge is 2.17. The number of carbonyl (C=O) groups excluding carboxylic acids is 1. The van der Waals surface area contributed by atoms with E-state index >= 15 is 0 Å². The molecule has 0 radical (unpaired) electrons. The van der Waals surface area contributed by atoms with Crippen molar-refractivity contribution >= 4 is 5.91 Å². The lowest BCUT2D eigenvalue weighted by Crippen LogP contribution is -2.30. The third-order valence-electron chi connectivity index (χ3n) is 3.05. The Balaban J connectivity index is 1.72. The summed E-state index contributed by atoms with van der Waals surface area (Å²) in [6, 6.07) is 0. The Morgan fingerprint density at radius 1 is 1.65 bits per heavy atom. The van der Waals surface area contributed by atoms with E-state index in [1.54, 1.807) is 6.20 Å². The highest BCUT2D eigenvalue weighted by Crippen LogP contribution is 2.15. The van der Waals surface area contributed by atoms with Gasteiger partial charge in [0.1, 0.15) is 5.82 Å². The summed E-state index contributed by atoms with van der Waals surface area (Å²) in [7, 11) is 1.92. The van der Waals surface area contributed by atoms with Crippen LogP contribution in [-0.2, 0) is 23.1 Å². The monoisotopic (exact) mass is 237 g/mol. The van der Waals surface area contributed by atoms with Crippen LogP contribution in [0, 0.1) is 0 Å². The molecule has 1 aromatic rings. The van der Waals surface area contributed by atoms with Crippen LogP contribution in [0.5, 0.6) is 0 Å². The quantitative estimate of drug-likeness (QED) is 0.849. The molecule has 0 saturated carbocycles. The standard InChI is InChI=1S/C12H19N3O2/c1-15-6-5-13-11(15)9-14-12(16)8-10-4-2-3-7-17-10/h5-6,10H,2-4,7-9H2,1H3,(H,14,16)/t10-/m0/s1. The predicted octanol–water partition coefficient (Wildman–Crippen LogP) is 0.995. The van der Waals surface area contributed by atoms with E-state index in [2.05, 4.69) is 10.3 Å². The average molecular weight is 237 g/mol. The van der Waals surface area contributed by atoms with Crippen molar-refractivity contribution in [2.75, 3.05) is 6.61 Å². The maximum absolute atomic E-state index is 11.7. The highest BCUT2D eigenvalue weighted by atomic mass is 16.5. The summed E-state index contributed by atoms with van der Waals surface area (Å²) in [5.74, 6) is 0.905. The number of aromatic nitrogens is 2. The van der Waals surface area contributed by atoms with E-state index in [0.717, 1.165) is 31.7 Å². The summed E-state index contributed by atoms with van der Waals surface area (Å²) >= 11 is 0. The van der Waals surface area contributed by atoms with Gasteiger partial charge in [-0.25, -0.2) is 4.98 Å². The van der Waals surface area contributed by atoms with Gasteiger partial charge in [-0.1, -0.05) is 0 Å². The Labute approximate surface area is 101 Å². The van der Waals surface area contributed by atoms with Gasteiger partial charge in [0.15, 0.2) is 0 Å². The Bertz CT molecular complexity index is 370. The summed E-state index contributed by atoms with van der Waals surface area (Å²) in [5, 5.41) is 2.87. The lowest BCUT2D eigenvalue weighted by atomic mass is 10.1. The molecule has 5 heteroatoms. The SMILES string of the molecule is Cn1ccnc1CNC(=O)C[C@@H]1CCCCO1. The van der Waals surface area contributed by atoms with Crippen LogP contribution >= 0.6 is 0 Å². The van der Waals surface area contributed by atoms with Gasteiger partial charge in [0.2, 0.25) is 5.91 Å². The fourth-order valence-corrected chi connectivity index (χ4v) is 1.99. The normalized spacial score (nSPS) is 20.2. The molecule has 0 aromatic carbocycles. The Hall–Kier alpha value is -1.36. The van der Waals surface area contributed by atoms with Gasteiger partial charge < -0.3 is 14.6 Å². The molecule has 2 rings (SSSR count). The first-order chi connectivity index (χ1) is 8.25. The van der Waals surface area contributed by atoms with Gasteiger partial charge in [0.25, 0.3) is 0 Å². The number of hydrogen-bond acceptors (Lipinski definition) is 3. The van der Waals surface area contributed by atoms with Crippen molar-refractivity contribution in [3.63, 3.8) is 0 Å². The number of hydrogen-bond donors (Lipinski definition) is 1. The number of aryl methyl sites for hydroxylation is 1. The summed E-state index contributed by atoms with van der Waals surface area (Å²) in [6.07, 6.45) is 7.44. The molecule has 0 unspecified atom stereocenters. The van der Waals surface area contributed by atoms with Crippen LogP contribution in [0.4, 0.5) is 0 Å². The summed E-state index contributed by atoms with van der Waals surface area (Å²) < 4.78 is 7.43. The topological polar surface area (TPSA) is 56.2 Å². The number of amides is 1. The van der Waals surface area contributed by atoms with E-state index in [9.17, 15) is 4.79 Å². The van der Waals surface area contributed by atoms with Gasteiger partial charge in [-0.15, -0.1) is 0 Å². The zero-order valence-electron chi connectivity index (χ0n) is 10.2. The van der Waals surface area contributed by atoms with Crippen LogP contribution in [0.1, 0.15) is 31.5 Å². The molecule has 1 N–H and O–H groups in total. The minimum absolute atomic E-state index is 0.0416. The first-order valence-electron chi connectivity index (χ1n) is 6.10. The largest absolute Gasteiger partial charge is 0.378 e. The number of ether oxygens (including phenoxy) is 1. The summed E-state index contributed by atoms with van der Waals surface area (Å²) in [4.78, 5) is 15.8. The van der Waals surface area contributed by atoms with Crippen LogP contribution in [0.15, 0.2) is 12.4 Å². The van der Waals surface area contributed by atoms with Gasteiger partial charge in [-0.2, -0.15) is 0 Å². The molecule has 1 atom stereocenters. The van der Waals surface area contributed by atoms with Crippen molar-refractivity contribution < 1.29 is 9.53 Å². The molecule has 1 amide bonds. The van der Waals surface area contributed by atoms with Crippen molar-refractivity contribution in [1.82, 2.24) is 14.9 Å². The molecule has 0 bridgehead atoms. The third-order valence-corrected chi connectivity index (χ3v) is 3.05. The van der Waals surface area contributed by atoms with Crippen LogP contribution in [0.2, 0.25) is 0 Å². The average Bonchev–Trinajstić information content (AvgIpc) is 2.74. The van der Waals surface area contributed by atoms with Gasteiger partial charge >= 0.3 is 0 Å². The zero-order valence-corrected chi connectivity index (χ0v) is 10.2. The fraction of sp³-hybridized carbons (Fsp3) is 0.667. The summed E-state index contributed by atoms with van der Waals surface area (Å²) in [5.41, 5.74) is 0. The molecule has 0 aliphatic carbocycles. The minimum Gasteiger partial charge on any atom is -0.378 e. The second-order valence-corrected chi connectivity index (χ2v) is 4.42. The molecule has 0 spiro atoms. The predicted molar refractivity (Wildman–Crippen MR) is 63.3 cm³/mol. The van der Waals surface area contributed by atoms with Crippen molar-refractivity contribution in [3.8, 4) is 0 Å². The lowest BCUT2D eigenvalue weighted by molar-refractivity contribution is -0.125. The lowest BCUT2D eigenvalue weighted by Gasteiger charge is -2.21. The van der Waals surface area contributed by atoms with E-state index in [0.29, 0.717) is 13.0 Å². The van der Waals surface area contributed by atoms with Crippen molar-refractivity contribution in [2.45, 2.75) is 38.3 Å². The molecule has 1 aromatic heterocycles. The fourth-order valence-electron chi connectivity index (χ4n) is 1.99. The van der Waals surface area contributed by atoms with E-state index in [4.69, 9.17) is 4.74 Å². The maximum Gasteiger partial charge on any atom is 0.222 e. The molecule has 94 valence electrons. The molecule has 1 aliphatic heterocycles. The molecule has 2 heterocycles. The molecular weight excluding hydrogens is 218 g/mol. The second kappa shape index (κ2) is 5.82. The molecule has 1 fully saturated rings. The third kappa shape index (κ3) is 3.56. The molecular formula is C12H19N3O2. The van der Waals surface area contributed by atoms with E-state index < -0.39 is 0 Å². The smallest absolute Gasteiger partial charge is 0.222 e. The number of nitrogens with zero attached hydrogens (tertiary/aromatic N) is 2. The zero-order chi connectivity index (χ0) is 12.1. The van der Waals surface area contributed by atoms with Crippen molar-refractivity contribution in [1.29, 1.82) is 0 Å². The first-order valence-corrected chi connectivity index (χ1v) is 6.10. The number of rotatable bonds is 4. The van der Waals surface area contributed by atoms with Crippen molar-refractivity contribution in [3.05, 3.63) is 18.2 Å². The van der Waals surface area contributed by atoms with Crippen LogP contribution in [0.3, 0.4) is 0 Å². The van der Waals surface area contributed by atoms with Crippen LogP contribution in [-0.4, -0.2) is 28.2 Å². The number of nitrogens with one attached hydrogen (secondary N) is 1. The Morgan fingerprint density at radius 2 is 2.53 bits per heavy atom. The van der Waals surface area contributed by atoms with Gasteiger partial charge in [0.05, 0.1) is 19.1 Å². The second-order valence-electron chi connectivity index (χ2n) is 4.42. The molecule has 1 aliphatic rings. The van der Waals surface area contributed by atoms with Crippen molar-refractivity contribution in [2.24, 2.45) is 7.05 Å². The van der Waals surface area contributed by atoms with Gasteiger partial charge in [-0.3, -0.25) is 4.79 Å². The molecule has 1 saturated heterocycles. The molecule has 17 heavy (non-hydrogen) atoms. The van der Waals surface area contributed by atoms with Crippen LogP contribution < -0.4 is 5.32 Å². The Morgan fingerprint density at radius 3 is 3.18 bits per heavy atom. The van der Waals surface area contributed by atoms with E-state index in [1.807, 2.05) is 17.8 Å². The van der Waals surface area contributed by atoms with Gasteiger partial charge in [-0.05, 0) is 19.3 Å². The highest BCUT2D eigenvalue weighted by molar-refractivity contribution is 5.76. The number of imidazole rings is 1. The minimum atomic E-state index is 0.0416. The number of carbonyl (C=O) groups is 1. The summed E-state index contributed by atoms with van der Waals surface area (Å²) in [6.45, 7) is 1.27. The first kappa shape index (κ1) is 12.1.